The number of aliphatic hydroxyl groups excluding tert-OH is 1. The van der Waals surface area contributed by atoms with Crippen molar-refractivity contribution < 1.29 is 14.6 Å². The molecule has 0 atom stereocenters. The number of carbonyl (C=O) groups is 1. The number of piperidine rings is 1. The molecule has 3 rings (SSSR count). The largest absolute Gasteiger partial charge is 0.481 e. The number of aliphatic hydroxyl groups is 1. The second-order valence-corrected chi connectivity index (χ2v) is 7.91. The lowest BCUT2D eigenvalue weighted by atomic mass is 9.72. The predicted octanol–water partition coefficient (Wildman–Crippen LogP) is 2.15. The molecule has 2 aliphatic rings. The van der Waals surface area contributed by atoms with E-state index >= 15 is 0 Å². The monoisotopic (exact) mass is 376 g/mol. The molecular formula is C20H32N4O3. The minimum Gasteiger partial charge on any atom is -0.481 e. The van der Waals surface area contributed by atoms with Crippen molar-refractivity contribution >= 4 is 11.9 Å². The highest BCUT2D eigenvalue weighted by atomic mass is 16.5. The lowest BCUT2D eigenvalue weighted by Crippen LogP contribution is -2.45. The minimum absolute atomic E-state index is 0.0432. The molecule has 2 fully saturated rings. The maximum atomic E-state index is 12.7. The Kier molecular flexibility index (Phi) is 6.88. The van der Waals surface area contributed by atoms with Crippen LogP contribution in [0.25, 0.3) is 0 Å². The zero-order valence-corrected chi connectivity index (χ0v) is 16.3. The van der Waals surface area contributed by atoms with Crippen LogP contribution in [0.3, 0.4) is 0 Å². The Morgan fingerprint density at radius 1 is 1.33 bits per heavy atom. The molecule has 7 heteroatoms. The van der Waals surface area contributed by atoms with Gasteiger partial charge in [0.05, 0.1) is 7.11 Å². The second kappa shape index (κ2) is 9.35. The zero-order valence-electron chi connectivity index (χ0n) is 16.3. The van der Waals surface area contributed by atoms with Gasteiger partial charge in [-0.1, -0.05) is 19.3 Å². The Balaban J connectivity index is 1.49. The molecule has 7 nitrogen and oxygen atoms in total. The van der Waals surface area contributed by atoms with E-state index in [-0.39, 0.29) is 23.8 Å². The summed E-state index contributed by atoms with van der Waals surface area (Å²) >= 11 is 0. The van der Waals surface area contributed by atoms with Crippen LogP contribution in [0.2, 0.25) is 0 Å². The Labute approximate surface area is 161 Å². The Morgan fingerprint density at radius 2 is 2.07 bits per heavy atom. The highest BCUT2D eigenvalue weighted by Crippen LogP contribution is 2.38. The Morgan fingerprint density at radius 3 is 2.74 bits per heavy atom. The molecular weight excluding hydrogens is 344 g/mol. The van der Waals surface area contributed by atoms with Gasteiger partial charge in [-0.3, -0.25) is 4.79 Å². The molecule has 1 aliphatic heterocycles. The van der Waals surface area contributed by atoms with Gasteiger partial charge in [0.1, 0.15) is 0 Å². The van der Waals surface area contributed by atoms with Crippen LogP contribution < -0.4 is 15.0 Å². The van der Waals surface area contributed by atoms with Gasteiger partial charge in [-0.05, 0) is 37.5 Å². The first-order chi connectivity index (χ1) is 13.2. The number of nitrogens with one attached hydrogen (secondary N) is 1. The predicted molar refractivity (Wildman–Crippen MR) is 104 cm³/mol. The summed E-state index contributed by atoms with van der Waals surface area (Å²) in [6.45, 7) is 2.44. The average Bonchev–Trinajstić information content (AvgIpc) is 2.73. The molecule has 0 aromatic carbocycles. The van der Waals surface area contributed by atoms with E-state index in [4.69, 9.17) is 4.74 Å². The standard InChI is InChI=1S/C20H32N4O3/c1-27-17-5-11-21-19(23-17)24-12-6-16(7-13-24)18(26)22-15-20(10-14-25)8-3-2-4-9-20/h5,11,16,25H,2-4,6-10,12-15H2,1H3,(H,22,26). The quantitative estimate of drug-likeness (QED) is 0.758. The van der Waals surface area contributed by atoms with Crippen molar-refractivity contribution in [2.45, 2.75) is 51.4 Å². The fourth-order valence-electron chi connectivity index (χ4n) is 4.41. The Bertz CT molecular complexity index is 605. The van der Waals surface area contributed by atoms with Crippen LogP contribution in [0.15, 0.2) is 12.3 Å². The van der Waals surface area contributed by atoms with E-state index in [0.29, 0.717) is 18.4 Å². The smallest absolute Gasteiger partial charge is 0.228 e. The number of ether oxygens (including phenoxy) is 1. The molecule has 0 bridgehead atoms. The molecule has 1 saturated carbocycles. The third kappa shape index (κ3) is 5.09. The second-order valence-electron chi connectivity index (χ2n) is 7.91. The number of nitrogens with zero attached hydrogens (tertiary/aromatic N) is 3. The maximum absolute atomic E-state index is 12.7. The molecule has 1 aliphatic carbocycles. The molecule has 1 saturated heterocycles. The summed E-state index contributed by atoms with van der Waals surface area (Å²) in [6, 6.07) is 1.73. The number of hydrogen-bond acceptors (Lipinski definition) is 6. The molecule has 0 spiro atoms. The first-order valence-electron chi connectivity index (χ1n) is 10.2. The summed E-state index contributed by atoms with van der Waals surface area (Å²) in [4.78, 5) is 23.5. The van der Waals surface area contributed by atoms with Gasteiger partial charge in [0.25, 0.3) is 0 Å². The van der Waals surface area contributed by atoms with Crippen molar-refractivity contribution in [3.63, 3.8) is 0 Å². The fourth-order valence-corrected chi connectivity index (χ4v) is 4.41. The fraction of sp³-hybridized carbons (Fsp3) is 0.750. The molecule has 2 heterocycles. The summed E-state index contributed by atoms with van der Waals surface area (Å²) < 4.78 is 5.16. The van der Waals surface area contributed by atoms with E-state index in [1.165, 1.54) is 19.3 Å². The lowest BCUT2D eigenvalue weighted by molar-refractivity contribution is -0.126. The van der Waals surface area contributed by atoms with E-state index in [0.717, 1.165) is 45.2 Å². The van der Waals surface area contributed by atoms with Gasteiger partial charge in [0.2, 0.25) is 17.7 Å². The SMILES string of the molecule is COc1ccnc(N2CCC(C(=O)NCC3(CCO)CCCCC3)CC2)n1. The number of aromatic nitrogens is 2. The van der Waals surface area contributed by atoms with Gasteiger partial charge in [0.15, 0.2) is 0 Å². The molecule has 2 N–H and O–H groups in total. The summed E-state index contributed by atoms with van der Waals surface area (Å²) in [6.07, 6.45) is 10.00. The topological polar surface area (TPSA) is 87.6 Å². The molecule has 0 unspecified atom stereocenters. The van der Waals surface area contributed by atoms with Crippen LogP contribution >= 0.6 is 0 Å². The third-order valence-corrected chi connectivity index (χ3v) is 6.17. The van der Waals surface area contributed by atoms with Gasteiger partial charge in [-0.25, -0.2) is 4.98 Å². The van der Waals surface area contributed by atoms with Crippen LogP contribution in [-0.2, 0) is 4.79 Å². The van der Waals surface area contributed by atoms with Crippen molar-refractivity contribution in [2.24, 2.45) is 11.3 Å². The van der Waals surface area contributed by atoms with Crippen molar-refractivity contribution in [1.82, 2.24) is 15.3 Å². The number of methoxy groups -OCH3 is 1. The highest BCUT2D eigenvalue weighted by Gasteiger charge is 2.33. The van der Waals surface area contributed by atoms with E-state index in [1.807, 2.05) is 0 Å². The minimum atomic E-state index is 0.0432. The lowest BCUT2D eigenvalue weighted by Gasteiger charge is -2.38. The van der Waals surface area contributed by atoms with E-state index < -0.39 is 0 Å². The van der Waals surface area contributed by atoms with Gasteiger partial charge in [-0.15, -0.1) is 0 Å². The summed E-state index contributed by atoms with van der Waals surface area (Å²) in [7, 11) is 1.60. The highest BCUT2D eigenvalue weighted by molar-refractivity contribution is 5.79. The van der Waals surface area contributed by atoms with Gasteiger partial charge in [0, 0.05) is 44.4 Å². The maximum Gasteiger partial charge on any atom is 0.228 e. The van der Waals surface area contributed by atoms with Gasteiger partial charge in [-0.2, -0.15) is 4.98 Å². The number of carbonyl (C=O) groups excluding carboxylic acids is 1. The van der Waals surface area contributed by atoms with Crippen LogP contribution in [-0.4, -0.2) is 54.3 Å². The van der Waals surface area contributed by atoms with Gasteiger partial charge >= 0.3 is 0 Å². The van der Waals surface area contributed by atoms with E-state index in [1.54, 1.807) is 19.4 Å². The molecule has 0 radical (unpaired) electrons. The first-order valence-corrected chi connectivity index (χ1v) is 10.2. The number of rotatable bonds is 7. The summed E-state index contributed by atoms with van der Waals surface area (Å²) in [5.74, 6) is 1.42. The van der Waals surface area contributed by atoms with E-state index in [2.05, 4.69) is 20.2 Å². The molecule has 150 valence electrons. The van der Waals surface area contributed by atoms with E-state index in [9.17, 15) is 9.90 Å². The summed E-state index contributed by atoms with van der Waals surface area (Å²) in [5, 5.41) is 12.6. The van der Waals surface area contributed by atoms with Crippen molar-refractivity contribution in [1.29, 1.82) is 0 Å². The Hall–Kier alpha value is -1.89. The molecule has 1 aromatic heterocycles. The third-order valence-electron chi connectivity index (χ3n) is 6.17. The zero-order chi connectivity index (χ0) is 19.1. The normalized spacial score (nSPS) is 20.3. The summed E-state index contributed by atoms with van der Waals surface area (Å²) in [5.41, 5.74) is 0.0950. The first kappa shape index (κ1) is 19.9. The van der Waals surface area contributed by atoms with Crippen LogP contribution in [0, 0.1) is 11.3 Å². The molecule has 27 heavy (non-hydrogen) atoms. The average molecular weight is 377 g/mol. The van der Waals surface area contributed by atoms with Crippen molar-refractivity contribution in [3.05, 3.63) is 12.3 Å². The molecule has 1 aromatic rings. The number of anilines is 1. The van der Waals surface area contributed by atoms with Crippen LogP contribution in [0.5, 0.6) is 5.88 Å². The van der Waals surface area contributed by atoms with Crippen molar-refractivity contribution in [2.75, 3.05) is 38.3 Å². The molecule has 1 amide bonds. The number of hydrogen-bond donors (Lipinski definition) is 2. The van der Waals surface area contributed by atoms with Crippen LogP contribution in [0.4, 0.5) is 5.95 Å². The number of amides is 1. The van der Waals surface area contributed by atoms with Crippen LogP contribution in [0.1, 0.15) is 51.4 Å². The van der Waals surface area contributed by atoms with Crippen molar-refractivity contribution in [3.8, 4) is 5.88 Å². The van der Waals surface area contributed by atoms with Gasteiger partial charge < -0.3 is 20.1 Å².